The number of benzene rings is 5. The molecule has 10 aromatic heterocycles. The Hall–Kier alpha value is -16.1. The van der Waals surface area contributed by atoms with Crippen molar-refractivity contribution in [3.05, 3.63) is 272 Å². The first-order valence-electron chi connectivity index (χ1n) is 43.1. The molecule has 2 amide bonds. The van der Waals surface area contributed by atoms with Crippen molar-refractivity contribution >= 4 is 110 Å². The van der Waals surface area contributed by atoms with Gasteiger partial charge in [-0.2, -0.15) is 10.4 Å². The first-order valence-corrected chi connectivity index (χ1v) is 43.1. The molecule has 714 valence electrons. The van der Waals surface area contributed by atoms with Gasteiger partial charge in [-0.25, -0.2) is 106 Å². The number of hydroxylamine groups is 1. The van der Waals surface area contributed by atoms with Gasteiger partial charge in [0.1, 0.15) is 133 Å². The number of carbonyl (C=O) groups excluding carboxylic acids is 5. The maximum atomic E-state index is 14.4. The molecule has 2 unspecified atom stereocenters. The third-order valence-corrected chi connectivity index (χ3v) is 23.8. The Labute approximate surface area is 775 Å². The fraction of sp³-hybridized carbons (Fsp3) is 0.283. The minimum atomic E-state index is -1.24. The number of aliphatic hydroxyl groups excluding tert-OH is 1. The number of alkyl halides is 2. The molecule has 20 rings (SSSR count). The van der Waals surface area contributed by atoms with Crippen molar-refractivity contribution < 1.29 is 86.6 Å². The topological polar surface area (TPSA) is 434 Å². The lowest BCUT2D eigenvalue weighted by molar-refractivity contribution is -0.116. The number of nitrogens with one attached hydrogen (secondary N) is 2. The zero-order chi connectivity index (χ0) is 98.3. The number of aryl methyl sites for hydroxylation is 1. The molecule has 34 nitrogen and oxygen atoms in total. The second-order valence-electron chi connectivity index (χ2n) is 33.0. The number of nitriles is 1. The highest BCUT2D eigenvalue weighted by Crippen LogP contribution is 2.44. The number of β-amino-alcohol motifs (C(OH)–C–C–N with tert-alkyl or cyclic N) is 1. The van der Waals surface area contributed by atoms with Crippen LogP contribution < -0.4 is 58.2 Å². The molecule has 0 saturated carbocycles. The van der Waals surface area contributed by atoms with E-state index in [1.54, 1.807) is 81.6 Å². The Morgan fingerprint density at radius 2 is 0.797 bits per heavy atom. The molecule has 15 aromatic rings. The molecule has 5 aliphatic rings. The molecule has 0 spiro atoms. The Kier molecular flexibility index (Phi) is 27.2. The molecule has 5 aromatic carbocycles. The fourth-order valence-corrected chi connectivity index (χ4v) is 17.7. The van der Waals surface area contributed by atoms with E-state index in [2.05, 4.69) is 67.3 Å². The SMILES string of the molecule is CC(=O)c1c(N)nn2ccc(N3CC(=O)CC3c3cc(F)ccc3F)nc12.CC(=O)c1c(N)nn2ccc(N3C[C@H](O)CC3c3cc(F)ccc3F)nc12.CCCONC(=O)c1c(N)nn2ccc(N3CCC[C@@H]3c3cc(F)ccc3F)nc12.CNC(=O)c1c(N)nn2ccc(N3C[C@@H](F)C[C@@H]3c3cc(F)ccc3F)nc12.Cc1nn2ccc(N3C[C@@H](F)C[C@@H]3c3cc(F)ccc3F)nc2c1C#N. The van der Waals surface area contributed by atoms with Gasteiger partial charge in [-0.05, 0) is 168 Å². The van der Waals surface area contributed by atoms with Crippen LogP contribution in [0.3, 0.4) is 0 Å². The van der Waals surface area contributed by atoms with E-state index < -0.39 is 113 Å². The highest BCUT2D eigenvalue weighted by Gasteiger charge is 2.42. The van der Waals surface area contributed by atoms with E-state index in [4.69, 9.17) is 27.8 Å². The number of hydrogen-bond acceptors (Lipinski definition) is 27. The average molecular weight is 1910 g/mol. The summed E-state index contributed by atoms with van der Waals surface area (Å²) in [6.45, 7) is 7.49. The number of nitrogens with two attached hydrogens (primary N) is 4. The van der Waals surface area contributed by atoms with Crippen LogP contribution in [-0.4, -0.2) is 172 Å². The van der Waals surface area contributed by atoms with Gasteiger partial charge in [-0.1, -0.05) is 6.92 Å². The number of fused-ring (bicyclic) bond motifs is 5. The molecule has 11 N–H and O–H groups in total. The number of nitrogen functional groups attached to an aromatic ring is 4. The van der Waals surface area contributed by atoms with Gasteiger partial charge in [0.05, 0.1) is 68.2 Å². The quantitative estimate of drug-likeness (QED) is 0.0193. The summed E-state index contributed by atoms with van der Waals surface area (Å²) in [7, 11) is 1.45. The molecule has 46 heteroatoms. The first-order chi connectivity index (χ1) is 66.0. The second-order valence-corrected chi connectivity index (χ2v) is 33.0. The van der Waals surface area contributed by atoms with Crippen molar-refractivity contribution in [1.82, 2.24) is 83.8 Å². The maximum absolute atomic E-state index is 14.4. The van der Waals surface area contributed by atoms with E-state index in [0.29, 0.717) is 65.6 Å². The number of rotatable bonds is 17. The van der Waals surface area contributed by atoms with Crippen LogP contribution in [0.15, 0.2) is 152 Å². The number of nitrogens with zero attached hydrogens (tertiary/aromatic N) is 21. The minimum absolute atomic E-state index is 0.00140. The Morgan fingerprint density at radius 1 is 0.457 bits per heavy atom. The largest absolute Gasteiger partial charge is 0.391 e. The molecule has 5 aliphatic heterocycles. The lowest BCUT2D eigenvalue weighted by atomic mass is 10.0. The molecule has 5 fully saturated rings. The minimum Gasteiger partial charge on any atom is -0.391 e. The van der Waals surface area contributed by atoms with Gasteiger partial charge in [0.15, 0.2) is 68.9 Å². The predicted octanol–water partition coefficient (Wildman–Crippen LogP) is 13.1. The molecule has 0 radical (unpaired) electrons. The molecule has 138 heavy (non-hydrogen) atoms. The molecular weight excluding hydrogens is 1820 g/mol. The van der Waals surface area contributed by atoms with Crippen molar-refractivity contribution in [3.8, 4) is 6.07 Å². The summed E-state index contributed by atoms with van der Waals surface area (Å²) >= 11 is 0. The van der Waals surface area contributed by atoms with E-state index in [1.807, 2.05) is 11.8 Å². The highest BCUT2D eigenvalue weighted by molar-refractivity contribution is 6.06. The molecule has 0 aliphatic carbocycles. The van der Waals surface area contributed by atoms with E-state index >= 15 is 0 Å². The summed E-state index contributed by atoms with van der Waals surface area (Å²) in [6.07, 6.45) is 7.28. The van der Waals surface area contributed by atoms with Crippen LogP contribution in [0.5, 0.6) is 0 Å². The number of amides is 2. The van der Waals surface area contributed by atoms with Crippen molar-refractivity contribution in [1.29, 1.82) is 5.26 Å². The van der Waals surface area contributed by atoms with Crippen molar-refractivity contribution in [3.63, 3.8) is 0 Å². The van der Waals surface area contributed by atoms with Crippen LogP contribution in [0.4, 0.5) is 105 Å². The summed E-state index contributed by atoms with van der Waals surface area (Å²) < 4.78 is 175. The number of ketones is 3. The maximum Gasteiger partial charge on any atom is 0.282 e. The third-order valence-electron chi connectivity index (χ3n) is 23.8. The molecular formula is C92H85F12N27O7. The summed E-state index contributed by atoms with van der Waals surface area (Å²) in [4.78, 5) is 96.1. The van der Waals surface area contributed by atoms with E-state index in [9.17, 15) is 87.0 Å². The summed E-state index contributed by atoms with van der Waals surface area (Å²) in [6, 6.07) is 23.2. The summed E-state index contributed by atoms with van der Waals surface area (Å²) in [5, 5.41) is 42.3. The molecule has 0 bridgehead atoms. The van der Waals surface area contributed by atoms with E-state index in [0.717, 1.165) is 97.8 Å². The standard InChI is InChI=1S/C20H22F2N6O2.C18H17F3N6O.C18H14F3N5.C18H17F2N5O2.C18H15F2N5O2/c1-2-10-30-26-20(29)17-18(23)25-28-9-7-16(24-19(17)28)27-8-3-4-15(27)13-11-12(21)5-6-14(13)22;1-23-18(28)15-16(22)25-27-5-4-14(24-17(15)27)26-8-10(20)7-13(26)11-6-9(19)2-3-12(11)21;1-10-14(8-22)18-23-17(4-5-26(18)24-10)25-9-12(20)7-16(25)13-6-11(19)2-3-15(13)21;2*1-9(26)16-17(21)23-25-5-4-15(22-18(16)25)24-8-11(27)7-14(24)12-6-10(19)2-3-13(12)20/h5-7,9,11,15H,2-4,8,10H2,1H3,(H2,23,25)(H,26,29);2-6,10,13H,7-8H2,1H3,(H2,22,25)(H,23,28);2-6,12,16H,7,9H2,1H3;2-6,11,14,27H,7-8H2,1H3,(H2,21,23);2-6,14H,7-8H2,1H3,(H2,21,23)/t15-;10-,13+;12-,16+;11-,14?;/m1001./s1. The van der Waals surface area contributed by atoms with Gasteiger partial charge < -0.3 is 57.9 Å². The van der Waals surface area contributed by atoms with Crippen molar-refractivity contribution in [2.24, 2.45) is 0 Å². The van der Waals surface area contributed by atoms with E-state index in [1.165, 1.54) is 55.7 Å². The van der Waals surface area contributed by atoms with Crippen LogP contribution in [0.2, 0.25) is 0 Å². The molecule has 15 heterocycles. The van der Waals surface area contributed by atoms with Crippen LogP contribution in [0.25, 0.3) is 28.2 Å². The first kappa shape index (κ1) is 95.1. The van der Waals surface area contributed by atoms with Gasteiger partial charge in [0.2, 0.25) is 0 Å². The number of aliphatic hydroxyl groups is 1. The van der Waals surface area contributed by atoms with Gasteiger partial charge in [0.25, 0.3) is 11.8 Å². The molecule has 5 saturated heterocycles. The smallest absolute Gasteiger partial charge is 0.282 e. The normalized spacial score (nSPS) is 18.4. The Bertz CT molecular complexity index is 7320. The Morgan fingerprint density at radius 3 is 1.19 bits per heavy atom. The lowest BCUT2D eigenvalue weighted by Gasteiger charge is -2.26. The monoisotopic (exact) mass is 1910 g/mol. The summed E-state index contributed by atoms with van der Waals surface area (Å²) in [5.74, 6) is -5.20. The van der Waals surface area contributed by atoms with Crippen LogP contribution in [0.1, 0.15) is 176 Å². The Balaban J connectivity index is 0.000000125. The third kappa shape index (κ3) is 19.2. The zero-order valence-electron chi connectivity index (χ0n) is 73.9. The predicted molar refractivity (Wildman–Crippen MR) is 480 cm³/mol. The van der Waals surface area contributed by atoms with E-state index in [-0.39, 0.29) is 171 Å². The van der Waals surface area contributed by atoms with Gasteiger partial charge >= 0.3 is 0 Å². The van der Waals surface area contributed by atoms with Crippen LogP contribution in [-0.2, 0) is 9.63 Å². The van der Waals surface area contributed by atoms with Crippen LogP contribution in [0, 0.1) is 76.4 Å². The summed E-state index contributed by atoms with van der Waals surface area (Å²) in [5.41, 5.74) is 29.1. The number of hydrogen-bond donors (Lipinski definition) is 7. The second kappa shape index (κ2) is 39.5. The number of anilines is 9. The fourth-order valence-electron chi connectivity index (χ4n) is 17.7. The number of carbonyl (C=O) groups is 5. The van der Waals surface area contributed by atoms with Gasteiger partial charge in [0, 0.05) is 98.2 Å². The zero-order valence-corrected chi connectivity index (χ0v) is 73.9. The number of aromatic nitrogens is 15. The lowest BCUT2D eigenvalue weighted by Crippen LogP contribution is -2.26. The van der Waals surface area contributed by atoms with Gasteiger partial charge in [-0.15, -0.1) is 20.4 Å². The molecule has 8 atom stereocenters. The van der Waals surface area contributed by atoms with Gasteiger partial charge in [-0.3, -0.25) is 28.8 Å². The van der Waals surface area contributed by atoms with Crippen LogP contribution >= 0.6 is 0 Å². The number of Topliss-reactive ketones (excluding diaryl/α,β-unsaturated/α-hetero) is 3. The highest BCUT2D eigenvalue weighted by atomic mass is 19.2. The average Bonchev–Trinajstić information content (AvgIpc) is 1.63. The number of halogens is 12. The van der Waals surface area contributed by atoms with Crippen molar-refractivity contribution in [2.75, 3.05) is 93.8 Å². The van der Waals surface area contributed by atoms with Crippen molar-refractivity contribution in [2.45, 2.75) is 121 Å².